The predicted octanol–water partition coefficient (Wildman–Crippen LogP) is 3.58. The van der Waals surface area contributed by atoms with Crippen LogP contribution in [0.4, 0.5) is 21.0 Å². The Kier molecular flexibility index (Phi) is 7.54. The number of nitrogens with one attached hydrogen (secondary N) is 4. The van der Waals surface area contributed by atoms with Crippen LogP contribution in [0.15, 0.2) is 18.2 Å². The van der Waals surface area contributed by atoms with Crippen molar-refractivity contribution in [3.8, 4) is 0 Å². The molecule has 0 bridgehead atoms. The molecule has 164 valence electrons. The molecule has 1 aromatic carbocycles. The molecular weight excluding hydrogens is 382 g/mol. The van der Waals surface area contributed by atoms with Gasteiger partial charge in [-0.2, -0.15) is 0 Å². The fourth-order valence-electron chi connectivity index (χ4n) is 4.12. The number of likely N-dealkylation sites (tertiary alicyclic amines) is 1. The molecule has 0 aromatic heterocycles. The lowest BCUT2D eigenvalue weighted by Gasteiger charge is -2.33. The molecule has 0 unspecified atom stereocenters. The number of hydrogen-bond acceptors (Lipinski definition) is 3. The maximum absolute atomic E-state index is 12.7. The molecule has 5 amide bonds. The number of anilines is 2. The topological polar surface area (TPSA) is 103 Å². The molecule has 3 rings (SSSR count). The van der Waals surface area contributed by atoms with Gasteiger partial charge in [0.25, 0.3) is 0 Å². The van der Waals surface area contributed by atoms with Crippen LogP contribution in [0.5, 0.6) is 0 Å². The second kappa shape index (κ2) is 10.3. The van der Waals surface area contributed by atoms with E-state index in [1.807, 2.05) is 19.1 Å². The van der Waals surface area contributed by atoms with E-state index >= 15 is 0 Å². The zero-order valence-electron chi connectivity index (χ0n) is 17.9. The molecule has 8 heteroatoms. The standard InChI is InChI=1S/C22H33N5O3/c1-15-8-9-19(23-16(2)28)14-20(15)26-22(30)27-12-10-18(11-13-27)25-21(29)24-17-6-4-3-5-7-17/h8-9,14,17-18H,3-7,10-13H2,1-2H3,(H,23,28)(H,26,30)(H2,24,25,29). The third-order valence-electron chi connectivity index (χ3n) is 5.86. The summed E-state index contributed by atoms with van der Waals surface area (Å²) in [5.74, 6) is -0.154. The zero-order valence-corrected chi connectivity index (χ0v) is 17.9. The summed E-state index contributed by atoms with van der Waals surface area (Å²) in [6.07, 6.45) is 7.23. The smallest absolute Gasteiger partial charge is 0.321 e. The number of amides is 5. The molecule has 1 aliphatic carbocycles. The Balaban J connectivity index is 1.45. The van der Waals surface area contributed by atoms with Crippen LogP contribution in [0.2, 0.25) is 0 Å². The lowest BCUT2D eigenvalue weighted by atomic mass is 9.96. The van der Waals surface area contributed by atoms with E-state index in [2.05, 4.69) is 21.3 Å². The Labute approximate surface area is 178 Å². The first-order valence-electron chi connectivity index (χ1n) is 10.9. The highest BCUT2D eigenvalue weighted by atomic mass is 16.2. The van der Waals surface area contributed by atoms with Gasteiger partial charge in [0, 0.05) is 43.5 Å². The van der Waals surface area contributed by atoms with Crippen LogP contribution in [0.1, 0.15) is 57.4 Å². The summed E-state index contributed by atoms with van der Waals surface area (Å²) >= 11 is 0. The van der Waals surface area contributed by atoms with Gasteiger partial charge < -0.3 is 26.2 Å². The summed E-state index contributed by atoms with van der Waals surface area (Å²) in [6, 6.07) is 5.56. The summed E-state index contributed by atoms with van der Waals surface area (Å²) in [4.78, 5) is 37.9. The molecular formula is C22H33N5O3. The number of urea groups is 2. The second-order valence-electron chi connectivity index (χ2n) is 8.36. The third-order valence-corrected chi connectivity index (χ3v) is 5.86. The monoisotopic (exact) mass is 415 g/mol. The summed E-state index contributed by atoms with van der Waals surface area (Å²) < 4.78 is 0. The third kappa shape index (κ3) is 6.37. The van der Waals surface area contributed by atoms with Crippen molar-refractivity contribution >= 4 is 29.3 Å². The number of carbonyl (C=O) groups excluding carboxylic acids is 3. The molecule has 8 nitrogen and oxygen atoms in total. The van der Waals surface area contributed by atoms with Gasteiger partial charge in [-0.15, -0.1) is 0 Å². The summed E-state index contributed by atoms with van der Waals surface area (Å²) in [6.45, 7) is 4.54. The molecule has 0 atom stereocenters. The molecule has 1 aromatic rings. The van der Waals surface area contributed by atoms with Crippen molar-refractivity contribution in [2.75, 3.05) is 23.7 Å². The predicted molar refractivity (Wildman–Crippen MR) is 118 cm³/mol. The van der Waals surface area contributed by atoms with Crippen molar-refractivity contribution in [2.45, 2.75) is 70.9 Å². The molecule has 2 fully saturated rings. The van der Waals surface area contributed by atoms with Gasteiger partial charge in [-0.3, -0.25) is 4.79 Å². The van der Waals surface area contributed by atoms with Gasteiger partial charge in [0.1, 0.15) is 0 Å². The van der Waals surface area contributed by atoms with Gasteiger partial charge in [0.05, 0.1) is 0 Å². The minimum atomic E-state index is -0.164. The number of hydrogen-bond donors (Lipinski definition) is 4. The lowest BCUT2D eigenvalue weighted by molar-refractivity contribution is -0.114. The first-order chi connectivity index (χ1) is 14.4. The quantitative estimate of drug-likeness (QED) is 0.604. The first kappa shape index (κ1) is 21.9. The number of piperidine rings is 1. The number of benzene rings is 1. The average molecular weight is 416 g/mol. The van der Waals surface area contributed by atoms with Gasteiger partial charge in [0.15, 0.2) is 0 Å². The van der Waals surface area contributed by atoms with E-state index in [-0.39, 0.29) is 24.0 Å². The van der Waals surface area contributed by atoms with E-state index < -0.39 is 0 Å². The van der Waals surface area contributed by atoms with Crippen LogP contribution < -0.4 is 21.3 Å². The summed E-state index contributed by atoms with van der Waals surface area (Å²) in [5, 5.41) is 11.8. The molecule has 2 aliphatic rings. The van der Waals surface area contributed by atoms with Crippen molar-refractivity contribution in [1.82, 2.24) is 15.5 Å². The van der Waals surface area contributed by atoms with Crippen LogP contribution in [0.3, 0.4) is 0 Å². The molecule has 1 saturated heterocycles. The highest BCUT2D eigenvalue weighted by molar-refractivity contribution is 5.93. The molecule has 1 saturated carbocycles. The van der Waals surface area contributed by atoms with Crippen LogP contribution in [-0.4, -0.2) is 48.0 Å². The molecule has 4 N–H and O–H groups in total. The van der Waals surface area contributed by atoms with E-state index in [0.29, 0.717) is 30.5 Å². The Morgan fingerprint density at radius 1 is 0.900 bits per heavy atom. The molecule has 0 spiro atoms. The largest absolute Gasteiger partial charge is 0.335 e. The average Bonchev–Trinajstić information content (AvgIpc) is 2.71. The van der Waals surface area contributed by atoms with E-state index in [1.165, 1.54) is 26.2 Å². The number of nitrogens with zero attached hydrogens (tertiary/aromatic N) is 1. The van der Waals surface area contributed by atoms with Crippen LogP contribution in [-0.2, 0) is 4.79 Å². The van der Waals surface area contributed by atoms with E-state index in [9.17, 15) is 14.4 Å². The van der Waals surface area contributed by atoms with Crippen LogP contribution in [0, 0.1) is 6.92 Å². The number of aryl methyl sites for hydroxylation is 1. The van der Waals surface area contributed by atoms with E-state index in [4.69, 9.17) is 0 Å². The number of rotatable bonds is 4. The van der Waals surface area contributed by atoms with Crippen molar-refractivity contribution in [3.63, 3.8) is 0 Å². The van der Waals surface area contributed by atoms with Gasteiger partial charge in [-0.25, -0.2) is 9.59 Å². The molecule has 30 heavy (non-hydrogen) atoms. The minimum absolute atomic E-state index is 0.0856. The minimum Gasteiger partial charge on any atom is -0.335 e. The van der Waals surface area contributed by atoms with Crippen molar-refractivity contribution in [3.05, 3.63) is 23.8 Å². The lowest BCUT2D eigenvalue weighted by Crippen LogP contribution is -2.51. The summed E-state index contributed by atoms with van der Waals surface area (Å²) in [5.41, 5.74) is 2.25. The maximum atomic E-state index is 12.7. The van der Waals surface area contributed by atoms with E-state index in [0.717, 1.165) is 31.2 Å². The van der Waals surface area contributed by atoms with Crippen LogP contribution >= 0.6 is 0 Å². The van der Waals surface area contributed by atoms with Gasteiger partial charge in [-0.05, 0) is 50.3 Å². The Morgan fingerprint density at radius 3 is 2.17 bits per heavy atom. The first-order valence-corrected chi connectivity index (χ1v) is 10.9. The highest BCUT2D eigenvalue weighted by Crippen LogP contribution is 2.22. The van der Waals surface area contributed by atoms with Gasteiger partial charge in [-0.1, -0.05) is 25.3 Å². The molecule has 1 heterocycles. The normalized spacial score (nSPS) is 17.9. The fraction of sp³-hybridized carbons (Fsp3) is 0.591. The SMILES string of the molecule is CC(=O)Nc1ccc(C)c(NC(=O)N2CCC(NC(=O)NC3CCCCC3)CC2)c1. The fourth-order valence-corrected chi connectivity index (χ4v) is 4.12. The van der Waals surface area contributed by atoms with Crippen molar-refractivity contribution in [2.24, 2.45) is 0 Å². The van der Waals surface area contributed by atoms with Crippen molar-refractivity contribution < 1.29 is 14.4 Å². The number of carbonyl (C=O) groups is 3. The molecule has 0 radical (unpaired) electrons. The summed E-state index contributed by atoms with van der Waals surface area (Å²) in [7, 11) is 0. The van der Waals surface area contributed by atoms with E-state index in [1.54, 1.807) is 11.0 Å². The Morgan fingerprint density at radius 2 is 1.53 bits per heavy atom. The maximum Gasteiger partial charge on any atom is 0.321 e. The zero-order chi connectivity index (χ0) is 21.5. The van der Waals surface area contributed by atoms with Crippen molar-refractivity contribution in [1.29, 1.82) is 0 Å². The molecule has 1 aliphatic heterocycles. The van der Waals surface area contributed by atoms with Gasteiger partial charge in [0.2, 0.25) is 5.91 Å². The Hall–Kier alpha value is -2.77. The second-order valence-corrected chi connectivity index (χ2v) is 8.36. The Bertz CT molecular complexity index is 768. The highest BCUT2D eigenvalue weighted by Gasteiger charge is 2.25. The van der Waals surface area contributed by atoms with Gasteiger partial charge >= 0.3 is 12.1 Å². The van der Waals surface area contributed by atoms with Crippen LogP contribution in [0.25, 0.3) is 0 Å².